The summed E-state index contributed by atoms with van der Waals surface area (Å²) in [6.07, 6.45) is 1.01. The Balaban J connectivity index is 2.52. The van der Waals surface area contributed by atoms with Crippen LogP contribution in [0.5, 0.6) is 0 Å². The SMILES string of the molecule is COC(=O)C1CCC(=O)N(CCN)C1. The molecule has 1 fully saturated rings. The third-order valence-corrected chi connectivity index (χ3v) is 2.43. The molecule has 0 aromatic rings. The average Bonchev–Trinajstić information content (AvgIpc) is 2.20. The zero-order valence-corrected chi connectivity index (χ0v) is 8.36. The van der Waals surface area contributed by atoms with E-state index in [4.69, 9.17) is 5.73 Å². The number of likely N-dealkylation sites (tertiary alicyclic amines) is 1. The summed E-state index contributed by atoms with van der Waals surface area (Å²) in [6.45, 7) is 1.40. The van der Waals surface area contributed by atoms with Crippen molar-refractivity contribution in [1.29, 1.82) is 0 Å². The third kappa shape index (κ3) is 2.45. The lowest BCUT2D eigenvalue weighted by atomic mass is 9.98. The number of nitrogens with two attached hydrogens (primary N) is 1. The fraction of sp³-hybridized carbons (Fsp3) is 0.778. The summed E-state index contributed by atoms with van der Waals surface area (Å²) in [5.41, 5.74) is 5.37. The molecule has 1 atom stereocenters. The van der Waals surface area contributed by atoms with Gasteiger partial charge in [0.1, 0.15) is 0 Å². The van der Waals surface area contributed by atoms with Crippen molar-refractivity contribution in [3.63, 3.8) is 0 Å². The lowest BCUT2D eigenvalue weighted by Crippen LogP contribution is -2.44. The van der Waals surface area contributed by atoms with E-state index in [1.165, 1.54) is 7.11 Å². The highest BCUT2D eigenvalue weighted by molar-refractivity contribution is 5.81. The van der Waals surface area contributed by atoms with Crippen molar-refractivity contribution in [1.82, 2.24) is 4.90 Å². The van der Waals surface area contributed by atoms with Gasteiger partial charge in [-0.05, 0) is 6.42 Å². The lowest BCUT2D eigenvalue weighted by Gasteiger charge is -2.30. The van der Waals surface area contributed by atoms with Crippen LogP contribution < -0.4 is 5.73 Å². The molecule has 14 heavy (non-hydrogen) atoms. The van der Waals surface area contributed by atoms with Gasteiger partial charge in [-0.1, -0.05) is 0 Å². The summed E-state index contributed by atoms with van der Waals surface area (Å²) in [5, 5.41) is 0. The van der Waals surface area contributed by atoms with Crippen LogP contribution in [-0.4, -0.2) is 43.5 Å². The number of ether oxygens (including phenoxy) is 1. The lowest BCUT2D eigenvalue weighted by molar-refractivity contribution is -0.150. The molecule has 80 valence electrons. The van der Waals surface area contributed by atoms with Crippen LogP contribution in [0.25, 0.3) is 0 Å². The van der Waals surface area contributed by atoms with E-state index in [1.807, 2.05) is 0 Å². The van der Waals surface area contributed by atoms with Crippen LogP contribution in [-0.2, 0) is 14.3 Å². The van der Waals surface area contributed by atoms with E-state index in [0.29, 0.717) is 32.5 Å². The van der Waals surface area contributed by atoms with Gasteiger partial charge in [-0.2, -0.15) is 0 Å². The van der Waals surface area contributed by atoms with Crippen molar-refractivity contribution in [2.45, 2.75) is 12.8 Å². The van der Waals surface area contributed by atoms with E-state index in [1.54, 1.807) is 4.90 Å². The second-order valence-electron chi connectivity index (χ2n) is 3.39. The normalized spacial score (nSPS) is 22.3. The first-order valence-corrected chi connectivity index (χ1v) is 4.74. The van der Waals surface area contributed by atoms with Crippen molar-refractivity contribution < 1.29 is 14.3 Å². The second kappa shape index (κ2) is 4.95. The quantitative estimate of drug-likeness (QED) is 0.615. The van der Waals surface area contributed by atoms with Crippen LogP contribution in [0.1, 0.15) is 12.8 Å². The number of methoxy groups -OCH3 is 1. The molecule has 1 amide bonds. The zero-order valence-electron chi connectivity index (χ0n) is 8.36. The minimum Gasteiger partial charge on any atom is -0.469 e. The Kier molecular flexibility index (Phi) is 3.88. The van der Waals surface area contributed by atoms with E-state index in [9.17, 15) is 9.59 Å². The Morgan fingerprint density at radius 3 is 3.00 bits per heavy atom. The van der Waals surface area contributed by atoms with Crippen LogP contribution in [0, 0.1) is 5.92 Å². The van der Waals surface area contributed by atoms with E-state index in [-0.39, 0.29) is 17.8 Å². The van der Waals surface area contributed by atoms with Gasteiger partial charge < -0.3 is 15.4 Å². The Hall–Kier alpha value is -1.10. The first-order chi connectivity index (χ1) is 6.69. The second-order valence-corrected chi connectivity index (χ2v) is 3.39. The van der Waals surface area contributed by atoms with Gasteiger partial charge in [0.25, 0.3) is 0 Å². The molecule has 2 N–H and O–H groups in total. The maximum absolute atomic E-state index is 11.4. The highest BCUT2D eigenvalue weighted by Crippen LogP contribution is 2.18. The minimum absolute atomic E-state index is 0.0793. The standard InChI is InChI=1S/C9H16N2O3/c1-14-9(13)7-2-3-8(12)11(6-7)5-4-10/h7H,2-6,10H2,1H3. The number of amides is 1. The fourth-order valence-electron chi connectivity index (χ4n) is 1.65. The maximum Gasteiger partial charge on any atom is 0.310 e. The molecule has 5 heteroatoms. The summed E-state index contributed by atoms with van der Waals surface area (Å²) < 4.78 is 4.64. The maximum atomic E-state index is 11.4. The van der Waals surface area contributed by atoms with Crippen LogP contribution in [0.15, 0.2) is 0 Å². The van der Waals surface area contributed by atoms with Crippen molar-refractivity contribution >= 4 is 11.9 Å². The Morgan fingerprint density at radius 2 is 2.43 bits per heavy atom. The fourth-order valence-corrected chi connectivity index (χ4v) is 1.65. The van der Waals surface area contributed by atoms with Crippen LogP contribution in [0.2, 0.25) is 0 Å². The Morgan fingerprint density at radius 1 is 1.71 bits per heavy atom. The van der Waals surface area contributed by atoms with E-state index < -0.39 is 0 Å². The van der Waals surface area contributed by atoms with E-state index >= 15 is 0 Å². The third-order valence-electron chi connectivity index (χ3n) is 2.43. The van der Waals surface area contributed by atoms with E-state index in [2.05, 4.69) is 4.74 Å². The number of hydrogen-bond acceptors (Lipinski definition) is 4. The molecule has 1 unspecified atom stereocenters. The van der Waals surface area contributed by atoms with Crippen LogP contribution >= 0.6 is 0 Å². The van der Waals surface area contributed by atoms with Gasteiger partial charge in [-0.3, -0.25) is 9.59 Å². The van der Waals surface area contributed by atoms with Gasteiger partial charge in [0.05, 0.1) is 13.0 Å². The summed E-state index contributed by atoms with van der Waals surface area (Å²) in [6, 6.07) is 0. The van der Waals surface area contributed by atoms with Gasteiger partial charge in [0.2, 0.25) is 5.91 Å². The summed E-state index contributed by atoms with van der Waals surface area (Å²) in [4.78, 5) is 24.2. The Bertz CT molecular complexity index is 222. The van der Waals surface area contributed by atoms with E-state index in [0.717, 1.165) is 0 Å². The van der Waals surface area contributed by atoms with Gasteiger partial charge in [0, 0.05) is 26.1 Å². The first-order valence-electron chi connectivity index (χ1n) is 4.74. The molecular formula is C9H16N2O3. The molecule has 1 aliphatic heterocycles. The molecule has 0 aromatic carbocycles. The molecule has 1 saturated heterocycles. The molecule has 0 spiro atoms. The van der Waals surface area contributed by atoms with Crippen LogP contribution in [0.4, 0.5) is 0 Å². The number of esters is 1. The molecular weight excluding hydrogens is 184 g/mol. The Labute approximate surface area is 83.2 Å². The molecule has 0 bridgehead atoms. The molecule has 1 aliphatic rings. The van der Waals surface area contributed by atoms with Crippen molar-refractivity contribution in [3.8, 4) is 0 Å². The first kappa shape index (κ1) is 11.0. The van der Waals surface area contributed by atoms with Gasteiger partial charge >= 0.3 is 5.97 Å². The van der Waals surface area contributed by atoms with Gasteiger partial charge in [-0.15, -0.1) is 0 Å². The van der Waals surface area contributed by atoms with Crippen molar-refractivity contribution in [3.05, 3.63) is 0 Å². The smallest absolute Gasteiger partial charge is 0.310 e. The van der Waals surface area contributed by atoms with Crippen LogP contribution in [0.3, 0.4) is 0 Å². The summed E-state index contributed by atoms with van der Waals surface area (Å²) >= 11 is 0. The van der Waals surface area contributed by atoms with Crippen molar-refractivity contribution in [2.24, 2.45) is 11.7 Å². The number of carbonyl (C=O) groups is 2. The molecule has 5 nitrogen and oxygen atoms in total. The average molecular weight is 200 g/mol. The highest BCUT2D eigenvalue weighted by Gasteiger charge is 2.30. The van der Waals surface area contributed by atoms with Gasteiger partial charge in [-0.25, -0.2) is 0 Å². The van der Waals surface area contributed by atoms with Gasteiger partial charge in [0.15, 0.2) is 0 Å². The predicted octanol–water partition coefficient (Wildman–Crippen LogP) is -0.643. The predicted molar refractivity (Wildman–Crippen MR) is 50.4 cm³/mol. The minimum atomic E-state index is -0.237. The van der Waals surface area contributed by atoms with Crippen molar-refractivity contribution in [2.75, 3.05) is 26.7 Å². The topological polar surface area (TPSA) is 72.6 Å². The zero-order chi connectivity index (χ0) is 10.6. The number of rotatable bonds is 3. The monoisotopic (exact) mass is 200 g/mol. The summed E-state index contributed by atoms with van der Waals surface area (Å²) in [5.74, 6) is -0.334. The molecule has 1 heterocycles. The summed E-state index contributed by atoms with van der Waals surface area (Å²) in [7, 11) is 1.37. The molecule has 0 aliphatic carbocycles. The number of carbonyl (C=O) groups excluding carboxylic acids is 2. The molecule has 1 rings (SSSR count). The molecule has 0 saturated carbocycles. The molecule has 0 aromatic heterocycles. The number of nitrogens with zero attached hydrogens (tertiary/aromatic N) is 1. The molecule has 0 radical (unpaired) electrons. The largest absolute Gasteiger partial charge is 0.469 e. The highest BCUT2D eigenvalue weighted by atomic mass is 16.5. The number of hydrogen-bond donors (Lipinski definition) is 1. The number of piperidine rings is 1.